The SMILES string of the molecule is Nc1cc2c(cc1C(=O)Nc1nn[nH]n1)OCO2. The summed E-state index contributed by atoms with van der Waals surface area (Å²) in [6.45, 7) is 0.116. The molecule has 1 aliphatic rings. The molecular formula is C9H8N6O3. The number of carbonyl (C=O) groups excluding carboxylic acids is 1. The molecule has 0 unspecified atom stereocenters. The number of hydrogen-bond donors (Lipinski definition) is 3. The number of nitrogens with zero attached hydrogens (tertiary/aromatic N) is 3. The summed E-state index contributed by atoms with van der Waals surface area (Å²) in [6.07, 6.45) is 0. The maximum absolute atomic E-state index is 11.9. The number of carbonyl (C=O) groups is 1. The molecule has 1 amide bonds. The second-order valence-electron chi connectivity index (χ2n) is 3.48. The zero-order valence-electron chi connectivity index (χ0n) is 9.01. The topological polar surface area (TPSA) is 128 Å². The Morgan fingerprint density at radius 2 is 2.17 bits per heavy atom. The van der Waals surface area contributed by atoms with E-state index >= 15 is 0 Å². The number of anilines is 2. The average Bonchev–Trinajstić information content (AvgIpc) is 2.98. The highest BCUT2D eigenvalue weighted by molar-refractivity contribution is 6.07. The number of benzene rings is 1. The van der Waals surface area contributed by atoms with Gasteiger partial charge < -0.3 is 15.2 Å². The van der Waals surface area contributed by atoms with Gasteiger partial charge >= 0.3 is 0 Å². The minimum absolute atomic E-state index is 0.0667. The van der Waals surface area contributed by atoms with E-state index < -0.39 is 5.91 Å². The maximum atomic E-state index is 11.9. The standard InChI is InChI=1S/C9H8N6O3/c10-5-2-7-6(17-3-18-7)1-4(5)8(16)11-9-12-14-15-13-9/h1-2H,3,10H2,(H2,11,12,13,14,15,16). The molecule has 4 N–H and O–H groups in total. The van der Waals surface area contributed by atoms with E-state index in [0.29, 0.717) is 11.5 Å². The fourth-order valence-corrected chi connectivity index (χ4v) is 1.54. The largest absolute Gasteiger partial charge is 0.454 e. The summed E-state index contributed by atoms with van der Waals surface area (Å²) in [7, 11) is 0. The van der Waals surface area contributed by atoms with Crippen LogP contribution in [-0.2, 0) is 0 Å². The van der Waals surface area contributed by atoms with Crippen LogP contribution in [0.15, 0.2) is 12.1 Å². The van der Waals surface area contributed by atoms with Crippen molar-refractivity contribution >= 4 is 17.5 Å². The number of hydrogen-bond acceptors (Lipinski definition) is 7. The third-order valence-electron chi connectivity index (χ3n) is 2.36. The van der Waals surface area contributed by atoms with Gasteiger partial charge in [0.1, 0.15) is 0 Å². The van der Waals surface area contributed by atoms with Crippen molar-refractivity contribution in [3.05, 3.63) is 17.7 Å². The van der Waals surface area contributed by atoms with Gasteiger partial charge in [-0.15, -0.1) is 5.10 Å². The molecule has 1 aromatic carbocycles. The number of amides is 1. The summed E-state index contributed by atoms with van der Waals surface area (Å²) >= 11 is 0. The van der Waals surface area contributed by atoms with E-state index in [0.717, 1.165) is 0 Å². The van der Waals surface area contributed by atoms with Crippen molar-refractivity contribution in [1.29, 1.82) is 0 Å². The molecule has 0 spiro atoms. The number of nitrogens with one attached hydrogen (secondary N) is 2. The first-order valence-corrected chi connectivity index (χ1v) is 4.98. The quantitative estimate of drug-likeness (QED) is 0.625. The van der Waals surface area contributed by atoms with Gasteiger partial charge in [0.05, 0.1) is 5.56 Å². The third-order valence-corrected chi connectivity index (χ3v) is 2.36. The molecular weight excluding hydrogens is 240 g/mol. The number of nitrogens with two attached hydrogens (primary N) is 1. The van der Waals surface area contributed by atoms with Crippen molar-refractivity contribution in [2.24, 2.45) is 0 Å². The van der Waals surface area contributed by atoms with Crippen LogP contribution in [0, 0.1) is 0 Å². The van der Waals surface area contributed by atoms with Gasteiger partial charge in [-0.25, -0.2) is 0 Å². The lowest BCUT2D eigenvalue weighted by Gasteiger charge is -2.06. The highest BCUT2D eigenvalue weighted by Crippen LogP contribution is 2.35. The number of nitrogen functional groups attached to an aromatic ring is 1. The summed E-state index contributed by atoms with van der Waals surface area (Å²) in [5.74, 6) is 0.607. The van der Waals surface area contributed by atoms with Gasteiger partial charge in [-0.05, 0) is 11.3 Å². The minimum atomic E-state index is -0.452. The predicted molar refractivity (Wildman–Crippen MR) is 59.1 cm³/mol. The van der Waals surface area contributed by atoms with Crippen LogP contribution in [0.3, 0.4) is 0 Å². The smallest absolute Gasteiger partial charge is 0.270 e. The Labute approximate surface area is 100 Å². The monoisotopic (exact) mass is 248 g/mol. The number of H-pyrrole nitrogens is 1. The number of tetrazole rings is 1. The van der Waals surface area contributed by atoms with Gasteiger partial charge in [0.15, 0.2) is 11.5 Å². The lowest BCUT2D eigenvalue weighted by molar-refractivity contribution is 0.102. The van der Waals surface area contributed by atoms with Gasteiger partial charge in [-0.3, -0.25) is 10.1 Å². The Balaban J connectivity index is 1.90. The number of aromatic nitrogens is 4. The molecule has 2 heterocycles. The molecule has 1 aliphatic heterocycles. The fraction of sp³-hybridized carbons (Fsp3) is 0.111. The van der Waals surface area contributed by atoms with Gasteiger partial charge in [0.25, 0.3) is 11.9 Å². The van der Waals surface area contributed by atoms with Crippen LogP contribution in [0.5, 0.6) is 11.5 Å². The van der Waals surface area contributed by atoms with Crippen molar-refractivity contribution in [1.82, 2.24) is 20.6 Å². The second kappa shape index (κ2) is 3.87. The van der Waals surface area contributed by atoms with Crippen LogP contribution in [0.2, 0.25) is 0 Å². The summed E-state index contributed by atoms with van der Waals surface area (Å²) < 4.78 is 10.3. The molecule has 0 radical (unpaired) electrons. The van der Waals surface area contributed by atoms with E-state index in [-0.39, 0.29) is 24.0 Å². The Bertz CT molecular complexity index is 597. The first kappa shape index (κ1) is 10.3. The average molecular weight is 248 g/mol. The summed E-state index contributed by atoms with van der Waals surface area (Å²) in [6, 6.07) is 3.04. The highest BCUT2D eigenvalue weighted by Gasteiger charge is 2.20. The van der Waals surface area contributed by atoms with E-state index in [2.05, 4.69) is 25.9 Å². The zero-order valence-corrected chi connectivity index (χ0v) is 9.01. The van der Waals surface area contributed by atoms with Gasteiger partial charge in [-0.2, -0.15) is 5.21 Å². The lowest BCUT2D eigenvalue weighted by Crippen LogP contribution is -2.15. The minimum Gasteiger partial charge on any atom is -0.454 e. The van der Waals surface area contributed by atoms with E-state index in [1.165, 1.54) is 12.1 Å². The Kier molecular flexibility index (Phi) is 2.22. The molecule has 3 rings (SSSR count). The summed E-state index contributed by atoms with van der Waals surface area (Å²) in [5, 5.41) is 15.2. The third kappa shape index (κ3) is 1.67. The van der Waals surface area contributed by atoms with Crippen LogP contribution < -0.4 is 20.5 Å². The molecule has 0 saturated carbocycles. The maximum Gasteiger partial charge on any atom is 0.270 e. The molecule has 0 fully saturated rings. The molecule has 0 atom stereocenters. The number of aromatic amines is 1. The van der Waals surface area contributed by atoms with Gasteiger partial charge in [0, 0.05) is 11.8 Å². The van der Waals surface area contributed by atoms with Crippen molar-refractivity contribution in [2.45, 2.75) is 0 Å². The van der Waals surface area contributed by atoms with Crippen molar-refractivity contribution in [3.63, 3.8) is 0 Å². The van der Waals surface area contributed by atoms with E-state index in [4.69, 9.17) is 15.2 Å². The van der Waals surface area contributed by atoms with Crippen molar-refractivity contribution in [2.75, 3.05) is 17.8 Å². The highest BCUT2D eigenvalue weighted by atomic mass is 16.7. The van der Waals surface area contributed by atoms with Crippen LogP contribution in [-0.4, -0.2) is 33.3 Å². The first-order chi connectivity index (χ1) is 8.74. The molecule has 2 aromatic rings. The summed E-state index contributed by atoms with van der Waals surface area (Å²) in [5.41, 5.74) is 6.29. The Morgan fingerprint density at radius 1 is 1.39 bits per heavy atom. The molecule has 9 nitrogen and oxygen atoms in total. The van der Waals surface area contributed by atoms with Crippen molar-refractivity contribution in [3.8, 4) is 11.5 Å². The van der Waals surface area contributed by atoms with E-state index in [1.54, 1.807) is 0 Å². The van der Waals surface area contributed by atoms with Crippen LogP contribution in [0.1, 0.15) is 10.4 Å². The Hall–Kier alpha value is -2.84. The second-order valence-corrected chi connectivity index (χ2v) is 3.48. The normalized spacial score (nSPS) is 12.4. The summed E-state index contributed by atoms with van der Waals surface area (Å²) in [4.78, 5) is 11.9. The van der Waals surface area contributed by atoms with Crippen LogP contribution in [0.4, 0.5) is 11.6 Å². The molecule has 92 valence electrons. The molecule has 0 saturated heterocycles. The molecule has 9 heteroatoms. The molecule has 18 heavy (non-hydrogen) atoms. The first-order valence-electron chi connectivity index (χ1n) is 4.98. The molecule has 0 aliphatic carbocycles. The van der Waals surface area contributed by atoms with Crippen LogP contribution in [0.25, 0.3) is 0 Å². The van der Waals surface area contributed by atoms with Crippen LogP contribution >= 0.6 is 0 Å². The van der Waals surface area contributed by atoms with E-state index in [1.807, 2.05) is 0 Å². The van der Waals surface area contributed by atoms with Gasteiger partial charge in [0.2, 0.25) is 6.79 Å². The number of ether oxygens (including phenoxy) is 2. The zero-order chi connectivity index (χ0) is 12.5. The van der Waals surface area contributed by atoms with Crippen molar-refractivity contribution < 1.29 is 14.3 Å². The lowest BCUT2D eigenvalue weighted by atomic mass is 10.1. The number of rotatable bonds is 2. The number of fused-ring (bicyclic) bond motifs is 1. The molecule has 1 aromatic heterocycles. The fourth-order valence-electron chi connectivity index (χ4n) is 1.54. The predicted octanol–water partition coefficient (Wildman–Crippen LogP) is -0.237. The molecule has 0 bridgehead atoms. The van der Waals surface area contributed by atoms with E-state index in [9.17, 15) is 4.79 Å². The van der Waals surface area contributed by atoms with Gasteiger partial charge in [-0.1, -0.05) is 5.10 Å². The Morgan fingerprint density at radius 3 is 2.89 bits per heavy atom.